The van der Waals surface area contributed by atoms with Crippen LogP contribution in [-0.4, -0.2) is 17.6 Å². The summed E-state index contributed by atoms with van der Waals surface area (Å²) in [5.74, 6) is 0.369. The average Bonchev–Trinajstić information content (AvgIpc) is 2.30. The minimum absolute atomic E-state index is 0.131. The van der Waals surface area contributed by atoms with Crippen LogP contribution in [0.15, 0.2) is 11.3 Å². The minimum atomic E-state index is -1.39. The molecular weight excluding hydrogens is 283 g/mol. The van der Waals surface area contributed by atoms with Crippen LogP contribution >= 0.6 is 34.8 Å². The maximum absolute atomic E-state index is 11.8. The highest BCUT2D eigenvalue weighted by atomic mass is 35.6. The molecule has 0 spiro atoms. The summed E-state index contributed by atoms with van der Waals surface area (Å²) in [5.41, 5.74) is 3.06. The summed E-state index contributed by atoms with van der Waals surface area (Å²) in [6.45, 7) is 6.62. The molecule has 1 nitrogen and oxygen atoms in total. The highest BCUT2D eigenvalue weighted by Crippen LogP contribution is 2.41. The molecule has 0 aromatic carbocycles. The van der Waals surface area contributed by atoms with Crippen molar-refractivity contribution in [2.45, 2.75) is 42.7 Å². The van der Waals surface area contributed by atoms with Crippen molar-refractivity contribution < 1.29 is 4.79 Å². The lowest BCUT2D eigenvalue weighted by Gasteiger charge is -2.19. The number of carbonyl (C=O) groups excluding carboxylic acids is 1. The summed E-state index contributed by atoms with van der Waals surface area (Å²) in [4.78, 5) is 11.8. The molecule has 5 heteroatoms. The van der Waals surface area contributed by atoms with Gasteiger partial charge in [-0.2, -0.15) is 0 Å². The van der Waals surface area contributed by atoms with Gasteiger partial charge in [0.15, 0.2) is 9.58 Å². The molecule has 0 N–H and O–H groups in total. The number of halogens is 3. The van der Waals surface area contributed by atoms with Crippen molar-refractivity contribution in [3.05, 3.63) is 11.3 Å². The van der Waals surface area contributed by atoms with Gasteiger partial charge in [-0.1, -0.05) is 60.1 Å². The molecule has 0 amide bonds. The van der Waals surface area contributed by atoms with Crippen LogP contribution < -0.4 is 0 Å². The molecule has 0 aliphatic heterocycles. The second kappa shape index (κ2) is 5.01. The number of rotatable bonds is 2. The maximum atomic E-state index is 11.8. The van der Waals surface area contributed by atoms with Crippen molar-refractivity contribution in [2.24, 2.45) is 5.92 Å². The molecule has 1 fully saturated rings. The zero-order valence-corrected chi connectivity index (χ0v) is 13.1. The molecule has 16 heavy (non-hydrogen) atoms. The first-order valence-corrected chi connectivity index (χ1v) is 10.1. The van der Waals surface area contributed by atoms with Gasteiger partial charge in [-0.15, -0.1) is 0 Å². The molecule has 0 aromatic rings. The third kappa shape index (κ3) is 4.78. The fraction of sp³-hybridized carbons (Fsp3) is 0.727. The van der Waals surface area contributed by atoms with E-state index in [2.05, 4.69) is 25.3 Å². The average molecular weight is 300 g/mol. The summed E-state index contributed by atoms with van der Waals surface area (Å²) in [6.07, 6.45) is 1.87. The predicted molar refractivity (Wildman–Crippen MR) is 74.1 cm³/mol. The summed E-state index contributed by atoms with van der Waals surface area (Å²) in [7, 11) is -1.39. The van der Waals surface area contributed by atoms with E-state index in [0.29, 0.717) is 12.8 Å². The van der Waals surface area contributed by atoms with Crippen molar-refractivity contribution >= 4 is 48.7 Å². The largest absolute Gasteiger partial charge is 0.295 e. The van der Waals surface area contributed by atoms with Gasteiger partial charge in [0.1, 0.15) is 0 Å². The molecular formula is C11H17Cl3OSi. The second-order valence-corrected chi connectivity index (χ2v) is 13.0. The summed E-state index contributed by atoms with van der Waals surface area (Å²) < 4.78 is -1.26. The van der Waals surface area contributed by atoms with Crippen molar-refractivity contribution in [1.82, 2.24) is 0 Å². The van der Waals surface area contributed by atoms with Crippen molar-refractivity contribution in [3.8, 4) is 0 Å². The van der Waals surface area contributed by atoms with Gasteiger partial charge in [0.2, 0.25) is 0 Å². The van der Waals surface area contributed by atoms with Crippen LogP contribution in [0.5, 0.6) is 0 Å². The normalized spacial score (nSPS) is 25.5. The molecule has 0 radical (unpaired) electrons. The van der Waals surface area contributed by atoms with E-state index in [-0.39, 0.29) is 11.7 Å². The van der Waals surface area contributed by atoms with Crippen LogP contribution in [0.3, 0.4) is 0 Å². The number of hydrogen-bond donors (Lipinski definition) is 0. The molecule has 0 unspecified atom stereocenters. The van der Waals surface area contributed by atoms with Crippen molar-refractivity contribution in [1.29, 1.82) is 0 Å². The lowest BCUT2D eigenvalue weighted by Crippen LogP contribution is -2.21. The third-order valence-corrected chi connectivity index (χ3v) is 4.19. The quantitative estimate of drug-likeness (QED) is 0.416. The first-order chi connectivity index (χ1) is 7.08. The van der Waals surface area contributed by atoms with Gasteiger partial charge >= 0.3 is 0 Å². The van der Waals surface area contributed by atoms with E-state index in [1.54, 1.807) is 0 Å². The van der Waals surface area contributed by atoms with Gasteiger partial charge in [0, 0.05) is 12.8 Å². The summed E-state index contributed by atoms with van der Waals surface area (Å²) in [6, 6.07) is 0. The standard InChI is InChI=1S/C11H17Cl3OSi/c1-16(2,3)7-9-8(4-5-10(9)15)6-11(12,13)14/h7-8H,4-6H2,1-3H3/b9-7+/t8-/m0/s1. The zero-order chi connectivity index (χ0) is 12.6. The van der Waals surface area contributed by atoms with E-state index in [1.807, 2.05) is 0 Å². The number of carbonyl (C=O) groups is 1. The van der Waals surface area contributed by atoms with E-state index in [9.17, 15) is 4.79 Å². The fourth-order valence-electron chi connectivity index (χ4n) is 1.99. The Morgan fingerprint density at radius 1 is 1.38 bits per heavy atom. The number of ketones is 1. The topological polar surface area (TPSA) is 17.1 Å². The van der Waals surface area contributed by atoms with Crippen LogP contribution in [0.1, 0.15) is 19.3 Å². The van der Waals surface area contributed by atoms with Gasteiger partial charge in [-0.05, 0) is 17.9 Å². The Bertz CT molecular complexity index is 312. The van der Waals surface area contributed by atoms with Crippen molar-refractivity contribution in [3.63, 3.8) is 0 Å². The number of alkyl halides is 3. The molecule has 1 aliphatic rings. The van der Waals surface area contributed by atoms with Crippen LogP contribution in [0.2, 0.25) is 19.6 Å². The number of Topliss-reactive ketones (excluding diaryl/α,β-unsaturated/α-hetero) is 1. The van der Waals surface area contributed by atoms with E-state index < -0.39 is 11.9 Å². The van der Waals surface area contributed by atoms with Gasteiger partial charge < -0.3 is 0 Å². The predicted octanol–water partition coefficient (Wildman–Crippen LogP) is 4.53. The molecule has 0 aromatic heterocycles. The summed E-state index contributed by atoms with van der Waals surface area (Å²) >= 11 is 17.4. The number of hydrogen-bond acceptors (Lipinski definition) is 1. The van der Waals surface area contributed by atoms with Crippen molar-refractivity contribution in [2.75, 3.05) is 0 Å². The molecule has 1 aliphatic carbocycles. The molecule has 1 atom stereocenters. The maximum Gasteiger partial charge on any atom is 0.191 e. The van der Waals surface area contributed by atoms with E-state index in [1.165, 1.54) is 0 Å². The molecule has 0 heterocycles. The van der Waals surface area contributed by atoms with Gasteiger partial charge in [0.25, 0.3) is 0 Å². The Balaban J connectivity index is 2.87. The smallest absolute Gasteiger partial charge is 0.191 e. The Labute approximate surface area is 113 Å². The van der Waals surface area contributed by atoms with Gasteiger partial charge in [0.05, 0.1) is 8.07 Å². The Morgan fingerprint density at radius 2 is 1.94 bits per heavy atom. The first-order valence-electron chi connectivity index (χ1n) is 5.41. The van der Waals surface area contributed by atoms with Gasteiger partial charge in [-0.25, -0.2) is 0 Å². The Morgan fingerprint density at radius 3 is 2.38 bits per heavy atom. The molecule has 1 rings (SSSR count). The van der Waals surface area contributed by atoms with E-state index in [4.69, 9.17) is 34.8 Å². The highest BCUT2D eigenvalue weighted by molar-refractivity contribution is 6.81. The van der Waals surface area contributed by atoms with Crippen LogP contribution in [-0.2, 0) is 4.79 Å². The van der Waals surface area contributed by atoms with E-state index >= 15 is 0 Å². The van der Waals surface area contributed by atoms with Crippen LogP contribution in [0.4, 0.5) is 0 Å². The third-order valence-electron chi connectivity index (χ3n) is 2.55. The van der Waals surface area contributed by atoms with E-state index in [0.717, 1.165) is 12.0 Å². The Hall–Kier alpha value is 0.497. The minimum Gasteiger partial charge on any atom is -0.295 e. The highest BCUT2D eigenvalue weighted by Gasteiger charge is 2.35. The summed E-state index contributed by atoms with van der Waals surface area (Å²) in [5, 5.41) is 0. The second-order valence-electron chi connectivity index (χ2n) is 5.44. The molecule has 92 valence electrons. The monoisotopic (exact) mass is 298 g/mol. The van der Waals surface area contributed by atoms with Crippen LogP contribution in [0, 0.1) is 5.92 Å². The lowest BCUT2D eigenvalue weighted by atomic mass is 10.0. The fourth-order valence-corrected chi connectivity index (χ4v) is 3.88. The molecule has 0 bridgehead atoms. The lowest BCUT2D eigenvalue weighted by molar-refractivity contribution is -0.114. The van der Waals surface area contributed by atoms with Crippen LogP contribution in [0.25, 0.3) is 0 Å². The molecule has 0 saturated heterocycles. The number of allylic oxidation sites excluding steroid dienone is 1. The Kier molecular flexibility index (Phi) is 4.56. The first kappa shape index (κ1) is 14.6. The molecule has 1 saturated carbocycles. The van der Waals surface area contributed by atoms with Gasteiger partial charge in [-0.3, -0.25) is 4.79 Å². The SMILES string of the molecule is C[Si](C)(C)/C=C1/C(=O)CC[C@H]1CC(Cl)(Cl)Cl. The zero-order valence-electron chi connectivity index (χ0n) is 9.82.